The minimum Gasteiger partial charge on any atom is -0.263 e. The molecular weight excluding hydrogens is 343 g/mol. The average Bonchev–Trinajstić information content (AvgIpc) is 2.59. The lowest BCUT2D eigenvalue weighted by molar-refractivity contribution is 0.585. The van der Waals surface area contributed by atoms with Gasteiger partial charge >= 0.3 is 0 Å². The molecule has 96 valence electrons. The average molecular weight is 351 g/mol. The number of anilines is 1. The number of nitrogens with one attached hydrogen (secondary N) is 1. The van der Waals surface area contributed by atoms with Crippen molar-refractivity contribution in [3.05, 3.63) is 39.6 Å². The molecule has 0 fully saturated rings. The number of pyridine rings is 1. The zero-order chi connectivity index (χ0) is 13.3. The van der Waals surface area contributed by atoms with Crippen LogP contribution in [0.3, 0.4) is 0 Å². The third kappa shape index (κ3) is 2.88. The number of rotatable bonds is 3. The highest BCUT2D eigenvalue weighted by molar-refractivity contribution is 9.11. The zero-order valence-electron chi connectivity index (χ0n) is 9.15. The summed E-state index contributed by atoms with van der Waals surface area (Å²) in [6, 6.07) is 5.45. The van der Waals surface area contributed by atoms with E-state index in [9.17, 15) is 12.8 Å². The van der Waals surface area contributed by atoms with Crippen LogP contribution in [-0.2, 0) is 10.0 Å². The Morgan fingerprint density at radius 2 is 2.17 bits per heavy atom. The van der Waals surface area contributed by atoms with Crippen molar-refractivity contribution in [2.24, 2.45) is 0 Å². The number of halogens is 2. The summed E-state index contributed by atoms with van der Waals surface area (Å²) in [6.07, 6.45) is 0. The highest BCUT2D eigenvalue weighted by Gasteiger charge is 2.19. The van der Waals surface area contributed by atoms with Gasteiger partial charge in [-0.05, 0) is 46.6 Å². The molecule has 2 aromatic rings. The molecule has 0 aliphatic heterocycles. The van der Waals surface area contributed by atoms with Gasteiger partial charge in [0.2, 0.25) is 5.95 Å². The molecule has 0 aromatic carbocycles. The lowest BCUT2D eigenvalue weighted by atomic mass is 10.4. The lowest BCUT2D eigenvalue weighted by Gasteiger charge is -2.04. The first-order chi connectivity index (χ1) is 8.38. The van der Waals surface area contributed by atoms with Crippen molar-refractivity contribution >= 4 is 43.1 Å². The number of thiophene rings is 1. The number of nitrogens with zero attached hydrogens (tertiary/aromatic N) is 1. The van der Waals surface area contributed by atoms with E-state index < -0.39 is 16.0 Å². The molecule has 8 heteroatoms. The van der Waals surface area contributed by atoms with Crippen molar-refractivity contribution in [1.82, 2.24) is 4.98 Å². The van der Waals surface area contributed by atoms with Crippen LogP contribution in [-0.4, -0.2) is 13.4 Å². The summed E-state index contributed by atoms with van der Waals surface area (Å²) >= 11 is 4.35. The number of aromatic nitrogens is 1. The standard InChI is InChI=1S/C10H8BrFN2O2S2/c1-6-5-9(17-10(6)11)18(15,16)14-8-4-2-3-7(12)13-8/h2-5H,1H3,(H,13,14). The molecule has 0 atom stereocenters. The van der Waals surface area contributed by atoms with Crippen LogP contribution in [0.4, 0.5) is 10.2 Å². The van der Waals surface area contributed by atoms with Gasteiger partial charge in [-0.15, -0.1) is 11.3 Å². The van der Waals surface area contributed by atoms with Crippen molar-refractivity contribution in [3.63, 3.8) is 0 Å². The maximum atomic E-state index is 12.9. The lowest BCUT2D eigenvalue weighted by Crippen LogP contribution is -2.12. The number of hydrogen-bond acceptors (Lipinski definition) is 4. The highest BCUT2D eigenvalue weighted by Crippen LogP contribution is 2.31. The van der Waals surface area contributed by atoms with Gasteiger partial charge in [0.15, 0.2) is 0 Å². The van der Waals surface area contributed by atoms with Crippen LogP contribution in [0.15, 0.2) is 32.3 Å². The van der Waals surface area contributed by atoms with Crippen molar-refractivity contribution in [3.8, 4) is 0 Å². The largest absolute Gasteiger partial charge is 0.272 e. The van der Waals surface area contributed by atoms with Crippen LogP contribution in [0, 0.1) is 12.9 Å². The van der Waals surface area contributed by atoms with Gasteiger partial charge in [0, 0.05) is 0 Å². The van der Waals surface area contributed by atoms with Gasteiger partial charge in [0.05, 0.1) is 3.79 Å². The Morgan fingerprint density at radius 1 is 1.44 bits per heavy atom. The molecule has 2 heterocycles. The molecule has 0 saturated heterocycles. The SMILES string of the molecule is Cc1cc(S(=O)(=O)Nc2cccc(F)n2)sc1Br. The summed E-state index contributed by atoms with van der Waals surface area (Å²) in [7, 11) is -3.72. The minimum absolute atomic E-state index is 0.0443. The first-order valence-corrected chi connectivity index (χ1v) is 7.89. The summed E-state index contributed by atoms with van der Waals surface area (Å²) in [6.45, 7) is 1.79. The van der Waals surface area contributed by atoms with Gasteiger partial charge in [-0.2, -0.15) is 4.39 Å². The molecule has 0 radical (unpaired) electrons. The molecule has 2 rings (SSSR count). The maximum Gasteiger partial charge on any atom is 0.272 e. The van der Waals surface area contributed by atoms with Gasteiger partial charge < -0.3 is 0 Å². The van der Waals surface area contributed by atoms with Crippen molar-refractivity contribution in [1.29, 1.82) is 0 Å². The quantitative estimate of drug-likeness (QED) is 0.865. The topological polar surface area (TPSA) is 59.1 Å². The molecule has 4 nitrogen and oxygen atoms in total. The van der Waals surface area contributed by atoms with Crippen molar-refractivity contribution in [2.75, 3.05) is 4.72 Å². The summed E-state index contributed by atoms with van der Waals surface area (Å²) < 4.78 is 40.0. The van der Waals surface area contributed by atoms with E-state index in [4.69, 9.17) is 0 Å². The normalized spacial score (nSPS) is 11.5. The van der Waals surface area contributed by atoms with Crippen molar-refractivity contribution in [2.45, 2.75) is 11.1 Å². The first-order valence-electron chi connectivity index (χ1n) is 4.80. The van der Waals surface area contributed by atoms with Gasteiger partial charge in [-0.1, -0.05) is 6.07 Å². The molecule has 0 aliphatic rings. The van der Waals surface area contributed by atoms with E-state index >= 15 is 0 Å². The molecular formula is C10H8BrFN2O2S2. The molecule has 0 bridgehead atoms. The molecule has 0 unspecified atom stereocenters. The number of hydrogen-bond donors (Lipinski definition) is 1. The second kappa shape index (κ2) is 4.94. The van der Waals surface area contributed by atoms with Crippen molar-refractivity contribution < 1.29 is 12.8 Å². The van der Waals surface area contributed by atoms with Gasteiger partial charge in [-0.25, -0.2) is 13.4 Å². The molecule has 18 heavy (non-hydrogen) atoms. The molecule has 1 N–H and O–H groups in total. The minimum atomic E-state index is -3.72. The Bertz CT molecular complexity index is 665. The van der Waals surface area contributed by atoms with Crippen LogP contribution in [0.5, 0.6) is 0 Å². The van der Waals surface area contributed by atoms with Crippen LogP contribution < -0.4 is 4.72 Å². The summed E-state index contributed by atoms with van der Waals surface area (Å²) in [5, 5.41) is 0. The van der Waals surface area contributed by atoms with Crippen LogP contribution >= 0.6 is 27.3 Å². The van der Waals surface area contributed by atoms with Crippen LogP contribution in [0.1, 0.15) is 5.56 Å². The molecule has 0 amide bonds. The molecule has 0 aliphatic carbocycles. The third-order valence-corrected chi connectivity index (χ3v) is 6.02. The summed E-state index contributed by atoms with van der Waals surface area (Å²) in [4.78, 5) is 3.45. The molecule has 2 aromatic heterocycles. The predicted octanol–water partition coefficient (Wildman–Crippen LogP) is 3.15. The van der Waals surface area contributed by atoms with E-state index in [0.29, 0.717) is 0 Å². The van der Waals surface area contributed by atoms with Gasteiger partial charge in [-0.3, -0.25) is 4.72 Å². The Kier molecular flexibility index (Phi) is 3.69. The number of aryl methyl sites for hydroxylation is 1. The Balaban J connectivity index is 2.33. The van der Waals surface area contributed by atoms with E-state index in [1.54, 1.807) is 6.92 Å². The van der Waals surface area contributed by atoms with Gasteiger partial charge in [0.25, 0.3) is 10.0 Å². The predicted molar refractivity (Wildman–Crippen MR) is 71.8 cm³/mol. The van der Waals surface area contributed by atoms with Gasteiger partial charge in [0.1, 0.15) is 10.0 Å². The summed E-state index contributed by atoms with van der Waals surface area (Å²) in [5.41, 5.74) is 0.826. The Labute approximate surface area is 116 Å². The fourth-order valence-electron chi connectivity index (χ4n) is 1.22. The van der Waals surface area contributed by atoms with E-state index in [1.807, 2.05) is 0 Å². The first kappa shape index (κ1) is 13.4. The zero-order valence-corrected chi connectivity index (χ0v) is 12.4. The second-order valence-corrected chi connectivity index (χ2v) is 7.75. The maximum absolute atomic E-state index is 12.9. The number of sulfonamides is 1. The molecule has 0 saturated carbocycles. The summed E-state index contributed by atoms with van der Waals surface area (Å²) in [5.74, 6) is -0.782. The Morgan fingerprint density at radius 3 is 2.72 bits per heavy atom. The van der Waals surface area contributed by atoms with E-state index in [2.05, 4.69) is 25.6 Å². The van der Waals surface area contributed by atoms with Crippen LogP contribution in [0.25, 0.3) is 0 Å². The van der Waals surface area contributed by atoms with E-state index in [-0.39, 0.29) is 10.0 Å². The Hall–Kier alpha value is -0.990. The third-order valence-electron chi connectivity index (χ3n) is 2.05. The highest BCUT2D eigenvalue weighted by atomic mass is 79.9. The monoisotopic (exact) mass is 350 g/mol. The second-order valence-electron chi connectivity index (χ2n) is 3.47. The molecule has 0 spiro atoms. The fourth-order valence-corrected chi connectivity index (χ4v) is 4.44. The smallest absolute Gasteiger partial charge is 0.263 e. The fraction of sp³-hybridized carbons (Fsp3) is 0.100. The van der Waals surface area contributed by atoms with Crippen LogP contribution in [0.2, 0.25) is 0 Å². The van der Waals surface area contributed by atoms with E-state index in [0.717, 1.165) is 26.8 Å². The van der Waals surface area contributed by atoms with E-state index in [1.165, 1.54) is 18.2 Å².